The smallest absolute Gasteiger partial charge is 0.410 e. The van der Waals surface area contributed by atoms with Gasteiger partial charge >= 0.3 is 12.1 Å². The van der Waals surface area contributed by atoms with Crippen LogP contribution in [0.5, 0.6) is 0 Å². The molecule has 3 amide bonds. The summed E-state index contributed by atoms with van der Waals surface area (Å²) >= 11 is 6.26. The van der Waals surface area contributed by atoms with Crippen molar-refractivity contribution in [2.45, 2.75) is 57.9 Å². The number of ether oxygens (including phenoxy) is 2. The van der Waals surface area contributed by atoms with Crippen LogP contribution < -0.4 is 5.48 Å². The maximum Gasteiger partial charge on any atom is 0.410 e. The second-order valence-corrected chi connectivity index (χ2v) is 12.8. The van der Waals surface area contributed by atoms with Crippen LogP contribution in [0.15, 0.2) is 78.9 Å². The molecule has 4 atom stereocenters. The van der Waals surface area contributed by atoms with E-state index in [9.17, 15) is 19.2 Å². The van der Waals surface area contributed by atoms with Crippen LogP contribution in [0.2, 0.25) is 5.02 Å². The van der Waals surface area contributed by atoms with E-state index >= 15 is 0 Å². The molecule has 242 valence electrons. The highest BCUT2D eigenvalue weighted by Crippen LogP contribution is 2.46. The number of carbonyl (C=O) groups is 4. The van der Waals surface area contributed by atoms with Crippen molar-refractivity contribution in [3.05, 3.63) is 106 Å². The first-order valence-electron chi connectivity index (χ1n) is 15.3. The van der Waals surface area contributed by atoms with Gasteiger partial charge in [0.15, 0.2) is 0 Å². The zero-order valence-electron chi connectivity index (χ0n) is 26.3. The van der Waals surface area contributed by atoms with Crippen molar-refractivity contribution in [1.82, 2.24) is 15.3 Å². The lowest BCUT2D eigenvalue weighted by molar-refractivity contribution is -0.149. The highest BCUT2D eigenvalue weighted by Gasteiger charge is 2.53. The lowest BCUT2D eigenvalue weighted by Crippen LogP contribution is -2.55. The molecule has 0 saturated carbocycles. The SMILES string of the molecule is CCOC(=O)C1CN(C(=O)OC(C)(C)C)CC1N1C(=O)c2ccccc2C(C(=O)NOCc2ccccc2)C1c1ccc(Cl)cc1. The Bertz CT molecular complexity index is 1580. The molecule has 2 aliphatic rings. The predicted molar refractivity (Wildman–Crippen MR) is 171 cm³/mol. The second kappa shape index (κ2) is 13.9. The fraction of sp³-hybridized carbons (Fsp3) is 0.371. The fourth-order valence-electron chi connectivity index (χ4n) is 6.07. The predicted octanol–water partition coefficient (Wildman–Crippen LogP) is 5.67. The highest BCUT2D eigenvalue weighted by atomic mass is 35.5. The Morgan fingerprint density at radius 2 is 1.61 bits per heavy atom. The molecule has 10 nitrogen and oxygen atoms in total. The molecular formula is C35H38ClN3O7. The lowest BCUT2D eigenvalue weighted by atomic mass is 9.78. The molecule has 2 heterocycles. The first-order valence-corrected chi connectivity index (χ1v) is 15.6. The van der Waals surface area contributed by atoms with Gasteiger partial charge in [0.2, 0.25) is 0 Å². The van der Waals surface area contributed by atoms with E-state index in [2.05, 4.69) is 5.48 Å². The summed E-state index contributed by atoms with van der Waals surface area (Å²) in [7, 11) is 0. The molecule has 0 aromatic heterocycles. The minimum Gasteiger partial charge on any atom is -0.466 e. The van der Waals surface area contributed by atoms with Crippen molar-refractivity contribution in [3.63, 3.8) is 0 Å². The van der Waals surface area contributed by atoms with E-state index in [1.54, 1.807) is 81.1 Å². The van der Waals surface area contributed by atoms with Gasteiger partial charge < -0.3 is 19.3 Å². The van der Waals surface area contributed by atoms with Crippen LogP contribution in [-0.2, 0) is 30.5 Å². The third kappa shape index (κ3) is 7.18. The van der Waals surface area contributed by atoms with Crippen molar-refractivity contribution in [3.8, 4) is 0 Å². The summed E-state index contributed by atoms with van der Waals surface area (Å²) in [5.41, 5.74) is 4.14. The number of hydrogen-bond donors (Lipinski definition) is 1. The van der Waals surface area contributed by atoms with E-state index < -0.39 is 47.5 Å². The number of carbonyl (C=O) groups excluding carboxylic acids is 4. The van der Waals surface area contributed by atoms with E-state index in [4.69, 9.17) is 25.9 Å². The Labute approximate surface area is 273 Å². The summed E-state index contributed by atoms with van der Waals surface area (Å²) in [6.07, 6.45) is -0.610. The van der Waals surface area contributed by atoms with Crippen LogP contribution in [0, 0.1) is 5.92 Å². The third-order valence-corrected chi connectivity index (χ3v) is 8.26. The molecule has 3 aromatic rings. The molecule has 1 fully saturated rings. The number of nitrogens with one attached hydrogen (secondary N) is 1. The summed E-state index contributed by atoms with van der Waals surface area (Å²) in [5.74, 6) is -3.24. The number of esters is 1. The number of fused-ring (bicyclic) bond motifs is 1. The molecule has 2 aliphatic heterocycles. The van der Waals surface area contributed by atoms with E-state index in [1.165, 1.54) is 4.90 Å². The van der Waals surface area contributed by atoms with Crippen molar-refractivity contribution in [2.24, 2.45) is 5.92 Å². The van der Waals surface area contributed by atoms with Crippen molar-refractivity contribution < 1.29 is 33.5 Å². The molecule has 1 saturated heterocycles. The fourth-order valence-corrected chi connectivity index (χ4v) is 6.19. The van der Waals surface area contributed by atoms with Gasteiger partial charge in [0, 0.05) is 23.7 Å². The van der Waals surface area contributed by atoms with Crippen LogP contribution in [-0.4, -0.2) is 65.0 Å². The number of benzene rings is 3. The quantitative estimate of drug-likeness (QED) is 0.248. The number of hydroxylamine groups is 1. The monoisotopic (exact) mass is 647 g/mol. The lowest BCUT2D eigenvalue weighted by Gasteiger charge is -2.45. The maximum absolute atomic E-state index is 14.5. The Morgan fingerprint density at radius 3 is 2.28 bits per heavy atom. The maximum atomic E-state index is 14.5. The number of halogens is 1. The van der Waals surface area contributed by atoms with Gasteiger partial charge in [0.1, 0.15) is 5.60 Å². The largest absolute Gasteiger partial charge is 0.466 e. The highest BCUT2D eigenvalue weighted by molar-refractivity contribution is 6.30. The van der Waals surface area contributed by atoms with Gasteiger partial charge in [-0.15, -0.1) is 0 Å². The van der Waals surface area contributed by atoms with Crippen LogP contribution in [0.1, 0.15) is 66.7 Å². The number of hydrogen-bond acceptors (Lipinski definition) is 7. The van der Waals surface area contributed by atoms with Crippen LogP contribution in [0.4, 0.5) is 4.79 Å². The van der Waals surface area contributed by atoms with E-state index in [0.29, 0.717) is 21.7 Å². The van der Waals surface area contributed by atoms with Crippen molar-refractivity contribution in [2.75, 3.05) is 19.7 Å². The standard InChI is InChI=1S/C35H38ClN3O7/c1-5-44-33(42)27-19-38(34(43)46-35(2,3)4)20-28(27)39-30(23-15-17-24(36)18-16-23)29(25-13-9-10-14-26(25)32(39)41)31(40)37-45-21-22-11-7-6-8-12-22/h6-18,27-30H,5,19-21H2,1-4H3,(H,37,40). The molecule has 11 heteroatoms. The minimum absolute atomic E-state index is 0.00473. The van der Waals surface area contributed by atoms with Crippen molar-refractivity contribution in [1.29, 1.82) is 0 Å². The van der Waals surface area contributed by atoms with Gasteiger partial charge in [-0.25, -0.2) is 10.3 Å². The number of nitrogens with zero attached hydrogens (tertiary/aromatic N) is 2. The molecule has 3 aromatic carbocycles. The average molecular weight is 648 g/mol. The Morgan fingerprint density at radius 1 is 0.935 bits per heavy atom. The van der Waals surface area contributed by atoms with E-state index in [-0.39, 0.29) is 32.2 Å². The number of likely N-dealkylation sites (tertiary alicyclic amines) is 1. The first kappa shape index (κ1) is 33.0. The topological polar surface area (TPSA) is 114 Å². The van der Waals surface area contributed by atoms with Gasteiger partial charge in [0.05, 0.1) is 37.1 Å². The summed E-state index contributed by atoms with van der Waals surface area (Å²) in [5, 5.41) is 0.478. The van der Waals surface area contributed by atoms with Gasteiger partial charge in [-0.2, -0.15) is 0 Å². The minimum atomic E-state index is -0.940. The normalized spacial score (nSPS) is 21.0. The van der Waals surface area contributed by atoms with Gasteiger partial charge in [0.25, 0.3) is 11.8 Å². The number of amides is 3. The molecule has 0 spiro atoms. The van der Waals surface area contributed by atoms with E-state index in [0.717, 1.165) is 5.56 Å². The molecule has 0 radical (unpaired) electrons. The molecular weight excluding hydrogens is 610 g/mol. The van der Waals surface area contributed by atoms with Crippen molar-refractivity contribution >= 4 is 35.5 Å². The van der Waals surface area contributed by atoms with Crippen LogP contribution >= 0.6 is 11.6 Å². The second-order valence-electron chi connectivity index (χ2n) is 12.3. The summed E-state index contributed by atoms with van der Waals surface area (Å²) in [6.45, 7) is 7.19. The zero-order valence-corrected chi connectivity index (χ0v) is 27.0. The summed E-state index contributed by atoms with van der Waals surface area (Å²) in [6, 6.07) is 21.5. The van der Waals surface area contributed by atoms with Gasteiger partial charge in [-0.3, -0.25) is 19.2 Å². The van der Waals surface area contributed by atoms with E-state index in [1.807, 2.05) is 30.3 Å². The molecule has 5 rings (SSSR count). The summed E-state index contributed by atoms with van der Waals surface area (Å²) < 4.78 is 11.1. The summed E-state index contributed by atoms with van der Waals surface area (Å²) in [4.78, 5) is 63.9. The molecule has 0 bridgehead atoms. The van der Waals surface area contributed by atoms with Crippen LogP contribution in [0.25, 0.3) is 0 Å². The molecule has 0 aliphatic carbocycles. The molecule has 46 heavy (non-hydrogen) atoms. The zero-order chi connectivity index (χ0) is 33.0. The third-order valence-electron chi connectivity index (χ3n) is 8.01. The Balaban J connectivity index is 1.58. The Hall–Kier alpha value is -4.41. The number of rotatable bonds is 8. The van der Waals surface area contributed by atoms with Crippen LogP contribution in [0.3, 0.4) is 0 Å². The molecule has 4 unspecified atom stereocenters. The van der Waals surface area contributed by atoms with Gasteiger partial charge in [-0.1, -0.05) is 72.3 Å². The first-order chi connectivity index (χ1) is 22.0. The molecule has 1 N–H and O–H groups in total. The Kier molecular flexibility index (Phi) is 9.98. The van der Waals surface area contributed by atoms with Gasteiger partial charge in [-0.05, 0) is 62.6 Å². The average Bonchev–Trinajstić information content (AvgIpc) is 3.47.